The Kier molecular flexibility index (Phi) is 3.33. The zero-order valence-corrected chi connectivity index (χ0v) is 11.5. The van der Waals surface area contributed by atoms with Crippen molar-refractivity contribution in [3.8, 4) is 5.69 Å². The van der Waals surface area contributed by atoms with Gasteiger partial charge in [0.05, 0.1) is 7.11 Å². The Labute approximate surface area is 120 Å². The highest BCUT2D eigenvalue weighted by Gasteiger charge is 2.27. The summed E-state index contributed by atoms with van der Waals surface area (Å²) in [5, 5.41) is 0. The van der Waals surface area contributed by atoms with E-state index in [2.05, 4.69) is 4.74 Å². The second-order valence-corrected chi connectivity index (χ2v) is 5.10. The van der Waals surface area contributed by atoms with Gasteiger partial charge in [-0.05, 0) is 54.7 Å². The molecule has 1 aromatic heterocycles. The number of hydrogen-bond acceptors (Lipinski definition) is 3. The fraction of sp³-hybridized carbons (Fsp3) is 0.250. The van der Waals surface area contributed by atoms with Crippen molar-refractivity contribution in [2.45, 2.75) is 18.8 Å². The molecule has 0 aliphatic heterocycles. The van der Waals surface area contributed by atoms with Gasteiger partial charge in [-0.2, -0.15) is 0 Å². The highest BCUT2D eigenvalue weighted by atomic mass is 19.1. The average molecular weight is 287 g/mol. The third-order valence-corrected chi connectivity index (χ3v) is 3.60. The first-order valence-electron chi connectivity index (χ1n) is 6.71. The fourth-order valence-electron chi connectivity index (χ4n) is 2.29. The lowest BCUT2D eigenvalue weighted by Gasteiger charge is -2.10. The molecule has 0 amide bonds. The number of pyridine rings is 1. The van der Waals surface area contributed by atoms with Crippen LogP contribution in [0.2, 0.25) is 0 Å². The van der Waals surface area contributed by atoms with E-state index < -0.39 is 11.5 Å². The fourth-order valence-corrected chi connectivity index (χ4v) is 2.29. The Bertz CT molecular complexity index is 745. The Morgan fingerprint density at radius 3 is 2.52 bits per heavy atom. The van der Waals surface area contributed by atoms with Crippen LogP contribution in [0, 0.1) is 5.82 Å². The van der Waals surface area contributed by atoms with Crippen LogP contribution < -0.4 is 5.56 Å². The summed E-state index contributed by atoms with van der Waals surface area (Å²) in [6.45, 7) is 0. The number of halogens is 1. The van der Waals surface area contributed by atoms with Gasteiger partial charge in [0, 0.05) is 11.9 Å². The molecule has 0 N–H and O–H groups in total. The number of carbonyl (C=O) groups excluding carboxylic acids is 1. The molecule has 2 aromatic rings. The number of hydrogen-bond donors (Lipinski definition) is 0. The highest BCUT2D eigenvalue weighted by Crippen LogP contribution is 2.40. The molecule has 0 saturated heterocycles. The van der Waals surface area contributed by atoms with Gasteiger partial charge in [0.15, 0.2) is 0 Å². The molecule has 0 radical (unpaired) electrons. The summed E-state index contributed by atoms with van der Waals surface area (Å²) in [6, 6.07) is 7.18. The minimum Gasteiger partial charge on any atom is -0.465 e. The topological polar surface area (TPSA) is 48.3 Å². The molecular weight excluding hydrogens is 273 g/mol. The summed E-state index contributed by atoms with van der Waals surface area (Å²) in [5.74, 6) is -0.655. The number of methoxy groups -OCH3 is 1. The number of esters is 1. The van der Waals surface area contributed by atoms with Crippen LogP contribution in [-0.2, 0) is 4.74 Å². The first-order chi connectivity index (χ1) is 10.1. The second-order valence-electron chi connectivity index (χ2n) is 5.10. The Morgan fingerprint density at radius 2 is 1.95 bits per heavy atom. The maximum atomic E-state index is 13.0. The minimum absolute atomic E-state index is 0.00576. The molecular formula is C16H14FNO3. The normalized spacial score (nSPS) is 14.0. The van der Waals surface area contributed by atoms with Crippen LogP contribution in [0.15, 0.2) is 41.3 Å². The number of rotatable bonds is 3. The lowest BCUT2D eigenvalue weighted by molar-refractivity contribution is 0.0598. The van der Waals surface area contributed by atoms with Crippen LogP contribution in [0.5, 0.6) is 0 Å². The van der Waals surface area contributed by atoms with Gasteiger partial charge in [-0.25, -0.2) is 9.18 Å². The van der Waals surface area contributed by atoms with Crippen molar-refractivity contribution in [3.05, 3.63) is 63.8 Å². The van der Waals surface area contributed by atoms with Gasteiger partial charge in [-0.1, -0.05) is 0 Å². The second kappa shape index (κ2) is 5.16. The first kappa shape index (κ1) is 13.5. The lowest BCUT2D eigenvalue weighted by atomic mass is 10.1. The predicted molar refractivity (Wildman–Crippen MR) is 75.3 cm³/mol. The van der Waals surface area contributed by atoms with E-state index in [9.17, 15) is 14.0 Å². The number of nitrogens with zero attached hydrogens (tertiary/aromatic N) is 1. The smallest absolute Gasteiger partial charge is 0.343 e. The summed E-state index contributed by atoms with van der Waals surface area (Å²) in [5.41, 5.74) is 0.998. The quantitative estimate of drug-likeness (QED) is 0.815. The van der Waals surface area contributed by atoms with E-state index in [0.717, 1.165) is 18.4 Å². The Hall–Kier alpha value is -2.43. The van der Waals surface area contributed by atoms with Crippen LogP contribution in [0.25, 0.3) is 5.69 Å². The number of aromatic nitrogens is 1. The molecule has 0 bridgehead atoms. The third-order valence-electron chi connectivity index (χ3n) is 3.60. The van der Waals surface area contributed by atoms with Gasteiger partial charge >= 0.3 is 5.97 Å². The molecule has 1 fully saturated rings. The van der Waals surface area contributed by atoms with E-state index >= 15 is 0 Å². The minimum atomic E-state index is -0.654. The van der Waals surface area contributed by atoms with E-state index in [1.165, 1.54) is 35.9 Å². The van der Waals surface area contributed by atoms with Crippen molar-refractivity contribution < 1.29 is 13.9 Å². The molecule has 1 heterocycles. The van der Waals surface area contributed by atoms with Crippen LogP contribution in [0.1, 0.15) is 34.7 Å². The van der Waals surface area contributed by atoms with Crippen LogP contribution >= 0.6 is 0 Å². The van der Waals surface area contributed by atoms with E-state index in [4.69, 9.17) is 0 Å². The number of carbonyl (C=O) groups is 1. The first-order valence-corrected chi connectivity index (χ1v) is 6.71. The monoisotopic (exact) mass is 287 g/mol. The molecule has 0 unspecified atom stereocenters. The van der Waals surface area contributed by atoms with Gasteiger partial charge in [0.25, 0.3) is 5.56 Å². The van der Waals surface area contributed by atoms with E-state index in [1.807, 2.05) is 0 Å². The van der Waals surface area contributed by atoms with Gasteiger partial charge in [-0.3, -0.25) is 9.36 Å². The zero-order valence-electron chi connectivity index (χ0n) is 11.5. The molecule has 1 aliphatic carbocycles. The van der Waals surface area contributed by atoms with E-state index in [0.29, 0.717) is 11.6 Å². The predicted octanol–water partition coefficient (Wildman–Crippen LogP) is 2.64. The van der Waals surface area contributed by atoms with Crippen molar-refractivity contribution in [3.63, 3.8) is 0 Å². The van der Waals surface area contributed by atoms with Crippen LogP contribution in [0.4, 0.5) is 4.39 Å². The van der Waals surface area contributed by atoms with Gasteiger partial charge in [0.2, 0.25) is 0 Å². The van der Waals surface area contributed by atoms with Gasteiger partial charge < -0.3 is 4.74 Å². The highest BCUT2D eigenvalue weighted by molar-refractivity contribution is 5.89. The molecule has 21 heavy (non-hydrogen) atoms. The molecule has 0 atom stereocenters. The van der Waals surface area contributed by atoms with E-state index in [1.54, 1.807) is 12.3 Å². The number of benzene rings is 1. The standard InChI is InChI=1S/C16H14FNO3/c1-21-16(20)14-8-11(10-2-3-10)9-18(15(14)19)13-6-4-12(17)5-7-13/h4-10H,2-3H2,1H3. The van der Waals surface area contributed by atoms with Crippen LogP contribution in [0.3, 0.4) is 0 Å². The summed E-state index contributed by atoms with van der Waals surface area (Å²) in [4.78, 5) is 24.2. The van der Waals surface area contributed by atoms with Crippen molar-refractivity contribution >= 4 is 5.97 Å². The summed E-state index contributed by atoms with van der Waals surface area (Å²) < 4.78 is 19.1. The Morgan fingerprint density at radius 1 is 1.29 bits per heavy atom. The van der Waals surface area contributed by atoms with Gasteiger partial charge in [-0.15, -0.1) is 0 Å². The molecule has 1 aromatic carbocycles. The Balaban J connectivity index is 2.18. The molecule has 0 spiro atoms. The molecule has 3 rings (SSSR count). The van der Waals surface area contributed by atoms with E-state index in [-0.39, 0.29) is 11.4 Å². The van der Waals surface area contributed by atoms with Crippen molar-refractivity contribution in [1.82, 2.24) is 4.57 Å². The molecule has 108 valence electrons. The number of ether oxygens (including phenoxy) is 1. The maximum Gasteiger partial charge on any atom is 0.343 e. The van der Waals surface area contributed by atoms with Crippen molar-refractivity contribution in [1.29, 1.82) is 0 Å². The zero-order chi connectivity index (χ0) is 15.0. The third kappa shape index (κ3) is 2.59. The molecule has 1 aliphatic rings. The molecule has 5 heteroatoms. The maximum absolute atomic E-state index is 13.0. The molecule has 1 saturated carbocycles. The largest absolute Gasteiger partial charge is 0.465 e. The summed E-state index contributed by atoms with van der Waals surface area (Å²) in [6.07, 6.45) is 3.81. The lowest BCUT2D eigenvalue weighted by Crippen LogP contribution is -2.26. The SMILES string of the molecule is COC(=O)c1cc(C2CC2)cn(-c2ccc(F)cc2)c1=O. The molecule has 4 nitrogen and oxygen atoms in total. The van der Waals surface area contributed by atoms with Crippen LogP contribution in [-0.4, -0.2) is 17.6 Å². The summed E-state index contributed by atoms with van der Waals surface area (Å²) >= 11 is 0. The van der Waals surface area contributed by atoms with Gasteiger partial charge in [0.1, 0.15) is 11.4 Å². The van der Waals surface area contributed by atoms with Crippen molar-refractivity contribution in [2.24, 2.45) is 0 Å². The summed E-state index contributed by atoms with van der Waals surface area (Å²) in [7, 11) is 1.24. The average Bonchev–Trinajstić information content (AvgIpc) is 3.32. The van der Waals surface area contributed by atoms with Crippen molar-refractivity contribution in [2.75, 3.05) is 7.11 Å².